The Morgan fingerprint density at radius 1 is 1.38 bits per heavy atom. The van der Waals surface area contributed by atoms with E-state index in [4.69, 9.17) is 9.47 Å². The number of hydrogen-bond donors (Lipinski definition) is 0. The van der Waals surface area contributed by atoms with Gasteiger partial charge in [0.2, 0.25) is 0 Å². The fraction of sp³-hybridized carbons (Fsp3) is 0.588. The predicted octanol–water partition coefficient (Wildman–Crippen LogP) is 2.00. The summed E-state index contributed by atoms with van der Waals surface area (Å²) in [5.41, 5.74) is 2.41. The van der Waals surface area contributed by atoms with Crippen molar-refractivity contribution in [3.8, 4) is 5.75 Å². The monoisotopic (exact) mass is 289 g/mol. The van der Waals surface area contributed by atoms with Crippen LogP contribution in [0.5, 0.6) is 5.75 Å². The molecule has 21 heavy (non-hydrogen) atoms. The lowest BCUT2D eigenvalue weighted by atomic mass is 9.58. The number of benzene rings is 1. The number of carbonyl (C=O) groups is 1. The Balaban J connectivity index is 2.15. The summed E-state index contributed by atoms with van der Waals surface area (Å²) < 4.78 is 10.5. The number of methoxy groups -OCH3 is 2. The van der Waals surface area contributed by atoms with Crippen molar-refractivity contribution < 1.29 is 14.3 Å². The summed E-state index contributed by atoms with van der Waals surface area (Å²) in [7, 11) is 5.28. The summed E-state index contributed by atoms with van der Waals surface area (Å²) in [6.45, 7) is 3.21. The Labute approximate surface area is 126 Å². The maximum atomic E-state index is 12.4. The van der Waals surface area contributed by atoms with Gasteiger partial charge in [0.25, 0.3) is 0 Å². The lowest BCUT2D eigenvalue weighted by Gasteiger charge is -2.53. The van der Waals surface area contributed by atoms with Gasteiger partial charge in [-0.25, -0.2) is 0 Å². The molecule has 3 unspecified atom stereocenters. The molecule has 3 rings (SSSR count). The second-order valence-electron chi connectivity index (χ2n) is 6.44. The molecule has 1 saturated heterocycles. The highest BCUT2D eigenvalue weighted by Crippen LogP contribution is 2.49. The average Bonchev–Trinajstić information content (AvgIpc) is 2.50. The second-order valence-corrected chi connectivity index (χ2v) is 6.44. The van der Waals surface area contributed by atoms with E-state index in [0.717, 1.165) is 25.1 Å². The lowest BCUT2D eigenvalue weighted by molar-refractivity contribution is -0.154. The van der Waals surface area contributed by atoms with Gasteiger partial charge in [-0.1, -0.05) is 13.0 Å². The summed E-state index contributed by atoms with van der Waals surface area (Å²) in [6.07, 6.45) is 1.85. The highest BCUT2D eigenvalue weighted by molar-refractivity contribution is 5.77. The van der Waals surface area contributed by atoms with Crippen molar-refractivity contribution in [1.29, 1.82) is 0 Å². The molecule has 1 heterocycles. The molecule has 2 aliphatic rings. The topological polar surface area (TPSA) is 38.8 Å². The second kappa shape index (κ2) is 5.02. The molecule has 1 fully saturated rings. The number of likely N-dealkylation sites (tertiary alicyclic amines) is 1. The van der Waals surface area contributed by atoms with Crippen LogP contribution in [0.15, 0.2) is 18.2 Å². The van der Waals surface area contributed by atoms with E-state index in [1.807, 2.05) is 6.07 Å². The fourth-order valence-corrected chi connectivity index (χ4v) is 4.15. The van der Waals surface area contributed by atoms with E-state index in [9.17, 15) is 4.79 Å². The highest BCUT2D eigenvalue weighted by Gasteiger charge is 2.53. The van der Waals surface area contributed by atoms with E-state index in [0.29, 0.717) is 0 Å². The maximum Gasteiger partial charge on any atom is 0.311 e. The van der Waals surface area contributed by atoms with Gasteiger partial charge in [-0.05, 0) is 49.7 Å². The van der Waals surface area contributed by atoms with Crippen LogP contribution in [0.2, 0.25) is 0 Å². The van der Waals surface area contributed by atoms with Crippen molar-refractivity contribution in [1.82, 2.24) is 4.90 Å². The highest BCUT2D eigenvalue weighted by atomic mass is 16.5. The van der Waals surface area contributed by atoms with E-state index < -0.39 is 0 Å². The molecule has 1 aromatic carbocycles. The van der Waals surface area contributed by atoms with Gasteiger partial charge in [-0.15, -0.1) is 0 Å². The molecule has 114 valence electrons. The van der Waals surface area contributed by atoms with Crippen LogP contribution < -0.4 is 4.74 Å². The fourth-order valence-electron chi connectivity index (χ4n) is 4.15. The molecule has 1 aliphatic heterocycles. The number of rotatable bonds is 2. The smallest absolute Gasteiger partial charge is 0.311 e. The number of ether oxygens (including phenoxy) is 2. The Morgan fingerprint density at radius 2 is 2.14 bits per heavy atom. The van der Waals surface area contributed by atoms with Crippen molar-refractivity contribution in [2.75, 3.05) is 27.8 Å². The molecule has 1 aliphatic carbocycles. The lowest BCUT2D eigenvalue weighted by Crippen LogP contribution is -2.60. The summed E-state index contributed by atoms with van der Waals surface area (Å²) in [6, 6.07) is 6.48. The van der Waals surface area contributed by atoms with Crippen molar-refractivity contribution in [3.63, 3.8) is 0 Å². The minimum atomic E-state index is -0.174. The van der Waals surface area contributed by atoms with E-state index in [1.165, 1.54) is 18.2 Å². The Morgan fingerprint density at radius 3 is 2.81 bits per heavy atom. The van der Waals surface area contributed by atoms with E-state index >= 15 is 0 Å². The number of nitrogens with zero attached hydrogens (tertiary/aromatic N) is 1. The molecular weight excluding hydrogens is 266 g/mol. The van der Waals surface area contributed by atoms with Crippen LogP contribution >= 0.6 is 0 Å². The standard InChI is InChI=1S/C17H23NO3/c1-17-7-8-18(2)14(15(17)16(19)21-4)9-11-5-6-12(20-3)10-13(11)17/h5-6,10,14-15H,7-9H2,1-4H3. The van der Waals surface area contributed by atoms with Crippen molar-refractivity contribution >= 4 is 5.97 Å². The van der Waals surface area contributed by atoms with Crippen molar-refractivity contribution in [2.24, 2.45) is 5.92 Å². The molecular formula is C17H23NO3. The van der Waals surface area contributed by atoms with Gasteiger partial charge >= 0.3 is 5.97 Å². The molecule has 0 saturated carbocycles. The molecule has 0 radical (unpaired) electrons. The number of likely N-dealkylation sites (N-methyl/N-ethyl adjacent to an activating group) is 1. The summed E-state index contributed by atoms with van der Waals surface area (Å²) >= 11 is 0. The van der Waals surface area contributed by atoms with Gasteiger partial charge in [-0.3, -0.25) is 4.79 Å². The molecule has 0 amide bonds. The van der Waals surface area contributed by atoms with E-state index in [-0.39, 0.29) is 23.3 Å². The minimum absolute atomic E-state index is 0.0949. The van der Waals surface area contributed by atoms with Crippen LogP contribution in [0.3, 0.4) is 0 Å². The van der Waals surface area contributed by atoms with Crippen LogP contribution in [-0.4, -0.2) is 44.7 Å². The third-order valence-corrected chi connectivity index (χ3v) is 5.44. The van der Waals surface area contributed by atoms with Crippen LogP contribution in [0, 0.1) is 5.92 Å². The third-order valence-electron chi connectivity index (χ3n) is 5.44. The molecule has 0 spiro atoms. The molecule has 1 aromatic rings. The first kappa shape index (κ1) is 14.4. The molecule has 0 aromatic heterocycles. The number of carbonyl (C=O) groups excluding carboxylic acids is 1. The number of piperidine rings is 1. The zero-order chi connectivity index (χ0) is 15.2. The first-order chi connectivity index (χ1) is 10.0. The van der Waals surface area contributed by atoms with Crippen LogP contribution in [0.1, 0.15) is 24.5 Å². The zero-order valence-corrected chi connectivity index (χ0v) is 13.2. The van der Waals surface area contributed by atoms with Crippen LogP contribution in [-0.2, 0) is 21.4 Å². The molecule has 0 N–H and O–H groups in total. The number of fused-ring (bicyclic) bond motifs is 4. The molecule has 3 atom stereocenters. The molecule has 4 nitrogen and oxygen atoms in total. The predicted molar refractivity (Wildman–Crippen MR) is 80.6 cm³/mol. The third kappa shape index (κ3) is 2.04. The summed E-state index contributed by atoms with van der Waals surface area (Å²) in [5.74, 6) is 0.652. The van der Waals surface area contributed by atoms with Gasteiger partial charge in [0.15, 0.2) is 0 Å². The maximum absolute atomic E-state index is 12.4. The van der Waals surface area contributed by atoms with Gasteiger partial charge in [0.05, 0.1) is 20.1 Å². The van der Waals surface area contributed by atoms with Gasteiger partial charge in [0.1, 0.15) is 5.75 Å². The number of hydrogen-bond acceptors (Lipinski definition) is 4. The van der Waals surface area contributed by atoms with Gasteiger partial charge < -0.3 is 14.4 Å². The van der Waals surface area contributed by atoms with Crippen LogP contribution in [0.25, 0.3) is 0 Å². The quantitative estimate of drug-likeness (QED) is 0.781. The van der Waals surface area contributed by atoms with Crippen LogP contribution in [0.4, 0.5) is 0 Å². The van der Waals surface area contributed by atoms with E-state index in [1.54, 1.807) is 7.11 Å². The van der Waals surface area contributed by atoms with E-state index in [2.05, 4.69) is 31.0 Å². The number of esters is 1. The normalized spacial score (nSPS) is 31.4. The first-order valence-corrected chi connectivity index (χ1v) is 7.46. The largest absolute Gasteiger partial charge is 0.497 e. The molecule has 4 heteroatoms. The molecule has 2 bridgehead atoms. The first-order valence-electron chi connectivity index (χ1n) is 7.46. The minimum Gasteiger partial charge on any atom is -0.497 e. The average molecular weight is 289 g/mol. The van der Waals surface area contributed by atoms with Gasteiger partial charge in [0, 0.05) is 11.5 Å². The zero-order valence-electron chi connectivity index (χ0n) is 13.2. The van der Waals surface area contributed by atoms with Crippen molar-refractivity contribution in [3.05, 3.63) is 29.3 Å². The Kier molecular flexibility index (Phi) is 3.44. The Hall–Kier alpha value is -1.55. The van der Waals surface area contributed by atoms with Crippen molar-refractivity contribution in [2.45, 2.75) is 31.2 Å². The SMILES string of the molecule is COC(=O)C1C2Cc3ccc(OC)cc3C1(C)CCN2C. The summed E-state index contributed by atoms with van der Waals surface area (Å²) in [5, 5.41) is 0. The van der Waals surface area contributed by atoms with Gasteiger partial charge in [-0.2, -0.15) is 0 Å². The summed E-state index contributed by atoms with van der Waals surface area (Å²) in [4.78, 5) is 14.7. The Bertz CT molecular complexity index is 571.